The molecule has 1 aliphatic rings. The molecule has 0 radical (unpaired) electrons. The summed E-state index contributed by atoms with van der Waals surface area (Å²) >= 11 is 18.5. The lowest BCUT2D eigenvalue weighted by molar-refractivity contribution is 0.472. The minimum Gasteiger partial charge on any atom is -0.506 e. The van der Waals surface area contributed by atoms with Gasteiger partial charge in [0, 0.05) is 22.6 Å². The Balaban J connectivity index is 1.71. The summed E-state index contributed by atoms with van der Waals surface area (Å²) in [4.78, 5) is 6.58. The number of benzene rings is 2. The minimum absolute atomic E-state index is 0.160. The number of phenols is 1. The van der Waals surface area contributed by atoms with Crippen LogP contribution in [0.5, 0.6) is 5.75 Å². The van der Waals surface area contributed by atoms with Gasteiger partial charge in [0.25, 0.3) is 0 Å². The van der Waals surface area contributed by atoms with Crippen molar-refractivity contribution >= 4 is 46.2 Å². The van der Waals surface area contributed by atoms with E-state index in [9.17, 15) is 5.11 Å². The van der Waals surface area contributed by atoms with Gasteiger partial charge in [-0.05, 0) is 80.2 Å². The van der Waals surface area contributed by atoms with Gasteiger partial charge in [-0.25, -0.2) is 0 Å². The number of anilines is 1. The summed E-state index contributed by atoms with van der Waals surface area (Å²) in [6.45, 7) is 4.11. The molecule has 0 unspecified atom stereocenters. The normalized spacial score (nSPS) is 17.8. The summed E-state index contributed by atoms with van der Waals surface area (Å²) in [7, 11) is 0. The third-order valence-electron chi connectivity index (χ3n) is 6.18. The maximum absolute atomic E-state index is 10.7. The van der Waals surface area contributed by atoms with E-state index < -0.39 is 0 Å². The summed E-state index contributed by atoms with van der Waals surface area (Å²) in [5, 5.41) is 15.8. The molecule has 0 bridgehead atoms. The molecular formula is C26H22Cl2N4OS. The van der Waals surface area contributed by atoms with Gasteiger partial charge in [0.2, 0.25) is 0 Å². The van der Waals surface area contributed by atoms with Crippen LogP contribution in [0.4, 0.5) is 5.69 Å². The van der Waals surface area contributed by atoms with Crippen LogP contribution in [0.25, 0.3) is 5.69 Å². The molecule has 5 rings (SSSR count). The molecule has 2 aromatic carbocycles. The molecule has 2 aromatic heterocycles. The van der Waals surface area contributed by atoms with Gasteiger partial charge in [0.15, 0.2) is 5.11 Å². The van der Waals surface area contributed by atoms with Crippen LogP contribution >= 0.6 is 35.4 Å². The zero-order valence-corrected chi connectivity index (χ0v) is 20.9. The van der Waals surface area contributed by atoms with Crippen molar-refractivity contribution in [3.05, 3.63) is 106 Å². The van der Waals surface area contributed by atoms with E-state index in [0.717, 1.165) is 28.3 Å². The molecule has 2 atom stereocenters. The van der Waals surface area contributed by atoms with Gasteiger partial charge in [-0.2, -0.15) is 0 Å². The average molecular weight is 509 g/mol. The van der Waals surface area contributed by atoms with Crippen molar-refractivity contribution in [3.63, 3.8) is 0 Å². The van der Waals surface area contributed by atoms with Crippen LogP contribution < -0.4 is 10.2 Å². The van der Waals surface area contributed by atoms with Crippen LogP contribution in [-0.4, -0.2) is 19.8 Å². The van der Waals surface area contributed by atoms with E-state index in [1.165, 1.54) is 0 Å². The Morgan fingerprint density at radius 2 is 1.74 bits per heavy atom. The van der Waals surface area contributed by atoms with Crippen molar-refractivity contribution in [2.45, 2.75) is 25.9 Å². The molecule has 172 valence electrons. The first-order valence-corrected chi connectivity index (χ1v) is 12.0. The van der Waals surface area contributed by atoms with E-state index in [0.29, 0.717) is 20.8 Å². The number of hydrogen-bond acceptors (Lipinski definition) is 3. The van der Waals surface area contributed by atoms with Crippen molar-refractivity contribution in [2.75, 3.05) is 4.90 Å². The zero-order chi connectivity index (χ0) is 24.0. The number of nitrogens with one attached hydrogen (secondary N) is 1. The molecule has 4 aromatic rings. The van der Waals surface area contributed by atoms with E-state index in [1.807, 2.05) is 54.3 Å². The first-order valence-electron chi connectivity index (χ1n) is 10.8. The van der Waals surface area contributed by atoms with E-state index >= 15 is 0 Å². The Bertz CT molecular complexity index is 1390. The molecule has 8 heteroatoms. The van der Waals surface area contributed by atoms with Crippen LogP contribution in [0.3, 0.4) is 0 Å². The molecule has 1 fully saturated rings. The molecule has 0 amide bonds. The fourth-order valence-electron chi connectivity index (χ4n) is 4.72. The molecule has 0 saturated carbocycles. The third-order valence-corrected chi connectivity index (χ3v) is 7.03. The Morgan fingerprint density at radius 3 is 2.44 bits per heavy atom. The lowest BCUT2D eigenvalue weighted by Gasteiger charge is -2.28. The second kappa shape index (κ2) is 8.95. The summed E-state index contributed by atoms with van der Waals surface area (Å²) in [6.07, 6.45) is 1.77. The second-order valence-corrected chi connectivity index (χ2v) is 9.47. The van der Waals surface area contributed by atoms with Gasteiger partial charge in [0.1, 0.15) is 5.75 Å². The molecule has 2 N–H and O–H groups in total. The van der Waals surface area contributed by atoms with E-state index in [2.05, 4.69) is 27.9 Å². The number of aromatic hydroxyl groups is 1. The predicted octanol–water partition coefficient (Wildman–Crippen LogP) is 6.68. The number of aryl methyl sites for hydroxylation is 1. The molecule has 0 aliphatic carbocycles. The standard InChI is InChI=1S/C26H22Cl2N4OS/c1-15-13-18(16(2)31(15)21-11-10-17(27)14-19(21)28)25-24(20-7-5-6-12-29-20)30-26(34)32(25)22-8-3-4-9-23(22)33/h3-14,24-25,33H,1-2H3,(H,30,34)/t24-,25+/m1/s1. The quantitative estimate of drug-likeness (QED) is 0.301. The van der Waals surface area contributed by atoms with Crippen LogP contribution in [-0.2, 0) is 0 Å². The third kappa shape index (κ3) is 3.82. The lowest BCUT2D eigenvalue weighted by atomic mass is 9.96. The maximum Gasteiger partial charge on any atom is 0.174 e. The molecule has 3 heterocycles. The van der Waals surface area contributed by atoms with Crippen LogP contribution in [0, 0.1) is 13.8 Å². The van der Waals surface area contributed by atoms with Crippen LogP contribution in [0.2, 0.25) is 10.0 Å². The lowest BCUT2D eigenvalue weighted by Crippen LogP contribution is -2.29. The fourth-order valence-corrected chi connectivity index (χ4v) is 5.55. The number of para-hydroxylation sites is 2. The number of nitrogens with zero attached hydrogens (tertiary/aromatic N) is 3. The van der Waals surface area contributed by atoms with Crippen molar-refractivity contribution < 1.29 is 5.11 Å². The van der Waals surface area contributed by atoms with Gasteiger partial charge in [-0.1, -0.05) is 41.4 Å². The highest BCUT2D eigenvalue weighted by atomic mass is 35.5. The van der Waals surface area contributed by atoms with E-state index in [1.54, 1.807) is 24.4 Å². The molecule has 34 heavy (non-hydrogen) atoms. The van der Waals surface area contributed by atoms with Gasteiger partial charge < -0.3 is 19.9 Å². The smallest absolute Gasteiger partial charge is 0.174 e. The first-order chi connectivity index (χ1) is 16.4. The van der Waals surface area contributed by atoms with Gasteiger partial charge in [-0.3, -0.25) is 4.98 Å². The highest BCUT2D eigenvalue weighted by Gasteiger charge is 2.43. The number of thiocarbonyl (C=S) groups is 1. The van der Waals surface area contributed by atoms with Crippen molar-refractivity contribution in [3.8, 4) is 11.4 Å². The topological polar surface area (TPSA) is 53.3 Å². The van der Waals surface area contributed by atoms with Crippen LogP contribution in [0.15, 0.2) is 72.9 Å². The second-order valence-electron chi connectivity index (χ2n) is 8.24. The Kier molecular flexibility index (Phi) is 5.98. The highest BCUT2D eigenvalue weighted by molar-refractivity contribution is 7.80. The number of rotatable bonds is 4. The molecule has 5 nitrogen and oxygen atoms in total. The Morgan fingerprint density at radius 1 is 0.971 bits per heavy atom. The number of phenolic OH excluding ortho intramolecular Hbond substituents is 1. The number of hydrogen-bond donors (Lipinski definition) is 2. The number of halogens is 2. The maximum atomic E-state index is 10.7. The molecule has 1 aliphatic heterocycles. The van der Waals surface area contributed by atoms with Crippen LogP contribution in [0.1, 0.15) is 34.7 Å². The van der Waals surface area contributed by atoms with Crippen molar-refractivity contribution in [1.82, 2.24) is 14.9 Å². The first kappa shape index (κ1) is 22.7. The average Bonchev–Trinajstić information content (AvgIpc) is 3.30. The van der Waals surface area contributed by atoms with Gasteiger partial charge >= 0.3 is 0 Å². The van der Waals surface area contributed by atoms with Gasteiger partial charge in [-0.15, -0.1) is 0 Å². The summed E-state index contributed by atoms with van der Waals surface area (Å²) in [5.41, 5.74) is 5.44. The zero-order valence-electron chi connectivity index (χ0n) is 18.5. The number of pyridine rings is 1. The monoisotopic (exact) mass is 508 g/mol. The Labute approximate surface area is 213 Å². The molecule has 0 spiro atoms. The summed E-state index contributed by atoms with van der Waals surface area (Å²) in [6, 6.07) is 20.2. The SMILES string of the molecule is Cc1cc([C@H]2[C@@H](c3ccccn3)NC(=S)N2c2ccccc2O)c(C)n1-c1ccc(Cl)cc1Cl. The largest absolute Gasteiger partial charge is 0.506 e. The highest BCUT2D eigenvalue weighted by Crippen LogP contribution is 2.46. The minimum atomic E-state index is -0.248. The van der Waals surface area contributed by atoms with Crippen molar-refractivity contribution in [2.24, 2.45) is 0 Å². The Hall–Kier alpha value is -3.06. The van der Waals surface area contributed by atoms with E-state index in [4.69, 9.17) is 35.4 Å². The van der Waals surface area contributed by atoms with Crippen molar-refractivity contribution in [1.29, 1.82) is 0 Å². The number of aromatic nitrogens is 2. The fraction of sp³-hybridized carbons (Fsp3) is 0.154. The molecular weight excluding hydrogens is 487 g/mol. The van der Waals surface area contributed by atoms with Gasteiger partial charge in [0.05, 0.1) is 34.2 Å². The predicted molar refractivity (Wildman–Crippen MR) is 141 cm³/mol. The van der Waals surface area contributed by atoms with E-state index in [-0.39, 0.29) is 17.8 Å². The summed E-state index contributed by atoms with van der Waals surface area (Å²) in [5.74, 6) is 0.160. The summed E-state index contributed by atoms with van der Waals surface area (Å²) < 4.78 is 2.12. The molecule has 1 saturated heterocycles.